The molecule has 0 N–H and O–H groups in total. The molecular formula is C64H53N3. The predicted octanol–water partition coefficient (Wildman–Crippen LogP) is 17.3. The van der Waals surface area contributed by atoms with Gasteiger partial charge >= 0.3 is 0 Å². The summed E-state index contributed by atoms with van der Waals surface area (Å²) in [4.78, 5) is 4.63. The highest BCUT2D eigenvalue weighted by molar-refractivity contribution is 6.10. The molecular weight excluding hydrogens is 811 g/mol. The Bertz CT molecular complexity index is 3220. The van der Waals surface area contributed by atoms with Crippen molar-refractivity contribution in [1.29, 1.82) is 0 Å². The van der Waals surface area contributed by atoms with E-state index >= 15 is 0 Å². The van der Waals surface area contributed by atoms with Gasteiger partial charge in [-0.3, -0.25) is 0 Å². The fourth-order valence-electron chi connectivity index (χ4n) is 9.31. The van der Waals surface area contributed by atoms with Crippen LogP contribution in [0.25, 0.3) is 33.1 Å². The van der Waals surface area contributed by atoms with Crippen molar-refractivity contribution in [2.24, 2.45) is 0 Å². The van der Waals surface area contributed by atoms with Gasteiger partial charge in [0.15, 0.2) is 0 Å². The van der Waals surface area contributed by atoms with Gasteiger partial charge in [-0.1, -0.05) is 194 Å². The Morgan fingerprint density at radius 1 is 0.433 bits per heavy atom. The first kappa shape index (κ1) is 42.5. The van der Waals surface area contributed by atoms with Gasteiger partial charge in [0, 0.05) is 57.0 Å². The molecule has 0 aliphatic heterocycles. The average molecular weight is 864 g/mol. The molecule has 2 aliphatic rings. The lowest BCUT2D eigenvalue weighted by atomic mass is 9.99. The van der Waals surface area contributed by atoms with Crippen LogP contribution in [0.4, 0.5) is 28.4 Å². The minimum Gasteiger partial charge on any atom is -0.314 e. The molecule has 0 amide bonds. The van der Waals surface area contributed by atoms with Gasteiger partial charge in [0.05, 0.1) is 11.0 Å². The minimum absolute atomic E-state index is 0.845. The molecule has 1 heterocycles. The standard InChI is InChI=1S/C37H30N2.C27H23N/c1-5-15-32(16-6-1)38(33-17-7-2-8-18-33)36-23-13-14-30(24-27-36)31-25-28-37(29-26-31)39(34-19-9-3-10-20-34)35-21-11-4-12-22-35;1-20-11-6-8-17-25(20)28-26-18-9-7-15-23(26)24-16-10-14-22(27(24)28)19-21-12-4-2-3-5-13-21/h1-22,24-29H,23H2;2-12,14-18H,13,19H2,1H3. The van der Waals surface area contributed by atoms with Crippen molar-refractivity contribution in [2.75, 3.05) is 9.80 Å². The summed E-state index contributed by atoms with van der Waals surface area (Å²) in [6.45, 7) is 2.20. The third-order valence-corrected chi connectivity index (χ3v) is 12.5. The number of benzene rings is 8. The third kappa shape index (κ3) is 9.40. The van der Waals surface area contributed by atoms with E-state index in [9.17, 15) is 0 Å². The number of nitrogens with zero attached hydrogens (tertiary/aromatic N) is 3. The number of anilines is 5. The van der Waals surface area contributed by atoms with Crippen LogP contribution in [0, 0.1) is 6.92 Å². The Hall–Kier alpha value is -8.40. The lowest BCUT2D eigenvalue weighted by Gasteiger charge is -2.27. The van der Waals surface area contributed by atoms with E-state index in [0.717, 1.165) is 47.7 Å². The Morgan fingerprint density at radius 2 is 1.00 bits per heavy atom. The zero-order chi connectivity index (χ0) is 45.2. The van der Waals surface area contributed by atoms with Crippen molar-refractivity contribution in [2.45, 2.75) is 26.2 Å². The summed E-state index contributed by atoms with van der Waals surface area (Å²) in [5.41, 5.74) is 17.3. The highest BCUT2D eigenvalue weighted by Gasteiger charge is 2.18. The molecule has 324 valence electrons. The Kier molecular flexibility index (Phi) is 12.8. The molecule has 0 fully saturated rings. The monoisotopic (exact) mass is 863 g/mol. The minimum atomic E-state index is 0.845. The van der Waals surface area contributed by atoms with Gasteiger partial charge in [0.1, 0.15) is 0 Å². The zero-order valence-electron chi connectivity index (χ0n) is 37.9. The van der Waals surface area contributed by atoms with Gasteiger partial charge in [-0.05, 0) is 121 Å². The second-order valence-corrected chi connectivity index (χ2v) is 16.9. The first-order chi connectivity index (χ1) is 33.2. The summed E-state index contributed by atoms with van der Waals surface area (Å²) in [7, 11) is 0. The Labute approximate surface area is 395 Å². The quantitative estimate of drug-likeness (QED) is 0.136. The predicted molar refractivity (Wildman–Crippen MR) is 286 cm³/mol. The highest BCUT2D eigenvalue weighted by atomic mass is 15.2. The second-order valence-electron chi connectivity index (χ2n) is 16.9. The summed E-state index contributed by atoms with van der Waals surface area (Å²) in [6, 6.07) is 75.2. The van der Waals surface area contributed by atoms with Gasteiger partial charge < -0.3 is 14.4 Å². The summed E-state index contributed by atoms with van der Waals surface area (Å²) >= 11 is 0. The van der Waals surface area contributed by atoms with Crippen molar-refractivity contribution in [3.8, 4) is 5.69 Å². The van der Waals surface area contributed by atoms with E-state index in [-0.39, 0.29) is 0 Å². The summed E-state index contributed by atoms with van der Waals surface area (Å²) < 4.78 is 2.46. The third-order valence-electron chi connectivity index (χ3n) is 12.5. The number of hydrogen-bond acceptors (Lipinski definition) is 2. The number of rotatable bonds is 10. The molecule has 3 nitrogen and oxygen atoms in total. The molecule has 2 aliphatic carbocycles. The van der Waals surface area contributed by atoms with E-state index < -0.39 is 0 Å². The maximum absolute atomic E-state index is 2.46. The van der Waals surface area contributed by atoms with Crippen molar-refractivity contribution in [1.82, 2.24) is 4.57 Å². The number of aryl methyl sites for hydroxylation is 1. The largest absolute Gasteiger partial charge is 0.314 e. The first-order valence-electron chi connectivity index (χ1n) is 23.3. The normalized spacial score (nSPS) is 13.2. The van der Waals surface area contributed by atoms with E-state index in [0.29, 0.717) is 0 Å². The fourth-order valence-corrected chi connectivity index (χ4v) is 9.31. The molecule has 0 unspecified atom stereocenters. The van der Waals surface area contributed by atoms with Crippen LogP contribution < -0.4 is 9.80 Å². The number of hydrogen-bond donors (Lipinski definition) is 0. The van der Waals surface area contributed by atoms with Crippen molar-refractivity contribution in [3.63, 3.8) is 0 Å². The summed E-state index contributed by atoms with van der Waals surface area (Å²) in [5.74, 6) is 0. The van der Waals surface area contributed by atoms with Crippen LogP contribution in [0.2, 0.25) is 0 Å². The van der Waals surface area contributed by atoms with Crippen LogP contribution in [0.3, 0.4) is 0 Å². The van der Waals surface area contributed by atoms with Crippen molar-refractivity contribution < 1.29 is 0 Å². The molecule has 1 aromatic heterocycles. The first-order valence-corrected chi connectivity index (χ1v) is 23.3. The number of para-hydroxylation sites is 7. The molecule has 0 radical (unpaired) electrons. The summed E-state index contributed by atoms with van der Waals surface area (Å²) in [6.07, 6.45) is 22.7. The van der Waals surface area contributed by atoms with E-state index in [4.69, 9.17) is 0 Å². The topological polar surface area (TPSA) is 11.4 Å². The van der Waals surface area contributed by atoms with Crippen LogP contribution >= 0.6 is 0 Å². The molecule has 8 aromatic carbocycles. The molecule has 0 atom stereocenters. The molecule has 11 rings (SSSR count). The van der Waals surface area contributed by atoms with Gasteiger partial charge in [0.25, 0.3) is 0 Å². The lowest BCUT2D eigenvalue weighted by Crippen LogP contribution is -2.15. The number of aromatic nitrogens is 1. The van der Waals surface area contributed by atoms with Crippen molar-refractivity contribution >= 4 is 55.8 Å². The molecule has 3 heteroatoms. The molecule has 0 bridgehead atoms. The van der Waals surface area contributed by atoms with Gasteiger partial charge in [-0.15, -0.1) is 0 Å². The Morgan fingerprint density at radius 3 is 1.66 bits per heavy atom. The molecule has 67 heavy (non-hydrogen) atoms. The zero-order valence-corrected chi connectivity index (χ0v) is 37.9. The smallest absolute Gasteiger partial charge is 0.0576 e. The van der Waals surface area contributed by atoms with Gasteiger partial charge in [0.2, 0.25) is 0 Å². The highest BCUT2D eigenvalue weighted by Crippen LogP contribution is 2.38. The maximum atomic E-state index is 2.46. The number of allylic oxidation sites excluding steroid dienone is 11. The van der Waals surface area contributed by atoms with E-state index in [1.807, 2.05) is 0 Å². The Balaban J connectivity index is 0.000000165. The van der Waals surface area contributed by atoms with Crippen LogP contribution in [-0.4, -0.2) is 4.57 Å². The van der Waals surface area contributed by atoms with Crippen LogP contribution in [0.1, 0.15) is 29.5 Å². The van der Waals surface area contributed by atoms with E-state index in [2.05, 4.69) is 288 Å². The fraction of sp³-hybridized carbons (Fsp3) is 0.0625. The van der Waals surface area contributed by atoms with Gasteiger partial charge in [-0.2, -0.15) is 0 Å². The average Bonchev–Trinajstić information content (AvgIpc) is 3.57. The number of fused-ring (bicyclic) bond motifs is 3. The maximum Gasteiger partial charge on any atom is 0.0576 e. The second kappa shape index (κ2) is 20.2. The van der Waals surface area contributed by atoms with Gasteiger partial charge in [-0.25, -0.2) is 0 Å². The lowest BCUT2D eigenvalue weighted by molar-refractivity contribution is 1.06. The van der Waals surface area contributed by atoms with E-state index in [1.165, 1.54) is 61.0 Å². The SMILES string of the molecule is C1=CC(c2ccc(N(c3ccccc3)c3ccccc3)cc2)=CC=C(N(c2ccccc2)c2ccccc2)C1.Cc1ccccc1-n1c2ccccc2c2cccc(CC3=CC=CC=CC3)c21. The molecule has 0 saturated heterocycles. The molecule has 9 aromatic rings. The van der Waals surface area contributed by atoms with Crippen LogP contribution in [-0.2, 0) is 6.42 Å². The van der Waals surface area contributed by atoms with Crippen molar-refractivity contribution in [3.05, 3.63) is 295 Å². The van der Waals surface area contributed by atoms with E-state index in [1.54, 1.807) is 0 Å². The molecule has 0 saturated carbocycles. The molecule has 0 spiro atoms. The summed E-state index contributed by atoms with van der Waals surface area (Å²) in [5, 5.41) is 2.65. The van der Waals surface area contributed by atoms with Crippen LogP contribution in [0.15, 0.2) is 278 Å². The van der Waals surface area contributed by atoms with Crippen LogP contribution in [0.5, 0.6) is 0 Å².